The molecule has 4 amide bonds. The van der Waals surface area contributed by atoms with E-state index in [0.717, 1.165) is 54.5 Å². The van der Waals surface area contributed by atoms with Gasteiger partial charge in [0, 0.05) is 24.5 Å². The molecule has 0 spiro atoms. The van der Waals surface area contributed by atoms with Crippen LogP contribution in [0.15, 0.2) is 78.9 Å². The van der Waals surface area contributed by atoms with Crippen molar-refractivity contribution in [2.45, 2.75) is 74.7 Å². The van der Waals surface area contributed by atoms with Crippen LogP contribution in [0.5, 0.6) is 0 Å². The highest BCUT2D eigenvalue weighted by atomic mass is 16.5. The third-order valence-electron chi connectivity index (χ3n) is 7.77. The normalized spacial score (nSPS) is 10.3. The molecule has 3 rings (SSSR count). The molecule has 4 N–H and O–H groups in total. The van der Waals surface area contributed by atoms with Gasteiger partial charge in [0.2, 0.25) is 23.6 Å². The van der Waals surface area contributed by atoms with Crippen LogP contribution in [0.2, 0.25) is 0 Å². The minimum absolute atomic E-state index is 0. The maximum absolute atomic E-state index is 12.0. The lowest BCUT2D eigenvalue weighted by Crippen LogP contribution is -2.29. The van der Waals surface area contributed by atoms with E-state index in [9.17, 15) is 19.2 Å². The number of nitrogens with one attached hydrogen (secondary N) is 4. The lowest BCUT2D eigenvalue weighted by molar-refractivity contribution is -0.127. The van der Waals surface area contributed by atoms with Crippen molar-refractivity contribution < 1.29 is 38.1 Å². The highest BCUT2D eigenvalue weighted by Gasteiger charge is 2.06. The molecule has 0 unspecified atom stereocenters. The van der Waals surface area contributed by atoms with Crippen molar-refractivity contribution in [2.75, 3.05) is 76.6 Å². The standard InChI is InChI=1S/C25H32N2O4.C18H28N2O4.2CH4/c1-3-5-15-26-24(28)18-30-16-17-31-19-25(29)27-23-13-11-22(12-14-23)21-9-7-20(6-4-2)8-10-21;1-3-5-9-19-17(21)13-23-10-11-24-14-18(22)20-16-8-6-7-15(4-2)12-16;;/h4,6-14H,3,5,15-19H2,1-2H3,(H,26,28)(H,27,29);6-8,12H,3-5,9-11,13-14H2,1-2H3,(H,19,21)(H,20,22);2*1H4. The summed E-state index contributed by atoms with van der Waals surface area (Å²) in [5, 5.41) is 11.1. The van der Waals surface area contributed by atoms with Gasteiger partial charge in [0.15, 0.2) is 0 Å². The summed E-state index contributed by atoms with van der Waals surface area (Å²) in [4.78, 5) is 46.6. The number of benzene rings is 3. The number of carbonyl (C=O) groups excluding carboxylic acids is 4. The molecule has 12 nitrogen and oxygen atoms in total. The summed E-state index contributed by atoms with van der Waals surface area (Å²) in [5.74, 6) is -0.707. The first-order chi connectivity index (χ1) is 26.8. The number of anilines is 2. The van der Waals surface area contributed by atoms with Gasteiger partial charge >= 0.3 is 0 Å². The third kappa shape index (κ3) is 25.1. The number of ether oxygens (including phenoxy) is 4. The molecular weight excluding hydrogens is 725 g/mol. The van der Waals surface area contributed by atoms with Crippen LogP contribution in [0.25, 0.3) is 17.2 Å². The largest absolute Gasteiger partial charge is 0.369 e. The molecule has 0 atom stereocenters. The summed E-state index contributed by atoms with van der Waals surface area (Å²) in [6.07, 6.45) is 8.98. The van der Waals surface area contributed by atoms with Crippen molar-refractivity contribution in [1.82, 2.24) is 10.6 Å². The van der Waals surface area contributed by atoms with Crippen molar-refractivity contribution in [2.24, 2.45) is 0 Å². The molecule has 3 aromatic carbocycles. The Morgan fingerprint density at radius 1 is 0.561 bits per heavy atom. The topological polar surface area (TPSA) is 153 Å². The molecule has 0 aromatic heterocycles. The van der Waals surface area contributed by atoms with Crippen LogP contribution in [-0.2, 0) is 44.5 Å². The lowest BCUT2D eigenvalue weighted by atomic mass is 10.0. The Morgan fingerprint density at radius 3 is 1.44 bits per heavy atom. The second-order valence-electron chi connectivity index (χ2n) is 12.5. The van der Waals surface area contributed by atoms with Crippen molar-refractivity contribution >= 4 is 41.1 Å². The molecule has 316 valence electrons. The molecule has 0 aliphatic heterocycles. The maximum Gasteiger partial charge on any atom is 0.250 e. The number of carbonyl (C=O) groups is 4. The van der Waals surface area contributed by atoms with Crippen LogP contribution in [0.1, 0.15) is 79.4 Å². The number of amides is 4. The quantitative estimate of drug-likeness (QED) is 0.0638. The predicted octanol–water partition coefficient (Wildman–Crippen LogP) is 7.68. The first-order valence-electron chi connectivity index (χ1n) is 19.1. The lowest BCUT2D eigenvalue weighted by Gasteiger charge is -2.08. The fourth-order valence-corrected chi connectivity index (χ4v) is 4.79. The van der Waals surface area contributed by atoms with E-state index in [1.807, 2.05) is 61.5 Å². The Bertz CT molecular complexity index is 1560. The molecule has 0 heterocycles. The van der Waals surface area contributed by atoms with Gasteiger partial charge in [-0.1, -0.05) is 109 Å². The average molecular weight is 793 g/mol. The smallest absolute Gasteiger partial charge is 0.250 e. The first kappa shape index (κ1) is 52.1. The zero-order valence-corrected chi connectivity index (χ0v) is 33.0. The fraction of sp³-hybridized carbons (Fsp3) is 0.467. The zero-order chi connectivity index (χ0) is 39.9. The number of hydrogen-bond donors (Lipinski definition) is 4. The molecule has 0 bridgehead atoms. The van der Waals surface area contributed by atoms with Crippen LogP contribution in [-0.4, -0.2) is 89.6 Å². The molecule has 57 heavy (non-hydrogen) atoms. The van der Waals surface area contributed by atoms with Crippen LogP contribution < -0.4 is 21.3 Å². The Kier molecular flexibility index (Phi) is 30.4. The van der Waals surface area contributed by atoms with Crippen molar-refractivity contribution in [3.8, 4) is 11.1 Å². The van der Waals surface area contributed by atoms with Crippen molar-refractivity contribution in [3.63, 3.8) is 0 Å². The highest BCUT2D eigenvalue weighted by Crippen LogP contribution is 2.22. The Labute approximate surface area is 341 Å². The van der Waals surface area contributed by atoms with Gasteiger partial charge in [-0.3, -0.25) is 19.2 Å². The number of hydrogen-bond acceptors (Lipinski definition) is 8. The van der Waals surface area contributed by atoms with Crippen LogP contribution in [0, 0.1) is 0 Å². The molecule has 0 radical (unpaired) electrons. The number of aryl methyl sites for hydroxylation is 1. The second kappa shape index (κ2) is 33.3. The predicted molar refractivity (Wildman–Crippen MR) is 232 cm³/mol. The molecule has 0 saturated heterocycles. The fourth-order valence-electron chi connectivity index (χ4n) is 4.79. The maximum atomic E-state index is 12.0. The van der Waals surface area contributed by atoms with Gasteiger partial charge in [0.25, 0.3) is 0 Å². The first-order valence-corrected chi connectivity index (χ1v) is 19.1. The molecule has 0 saturated carbocycles. The Balaban J connectivity index is 0.00000110. The van der Waals surface area contributed by atoms with E-state index in [-0.39, 0.29) is 91.3 Å². The minimum atomic E-state index is -0.235. The Hall–Kier alpha value is -4.88. The summed E-state index contributed by atoms with van der Waals surface area (Å²) in [6, 6.07) is 23.7. The van der Waals surface area contributed by atoms with E-state index < -0.39 is 0 Å². The van der Waals surface area contributed by atoms with Gasteiger partial charge < -0.3 is 40.2 Å². The summed E-state index contributed by atoms with van der Waals surface area (Å²) in [6.45, 7) is 10.5. The minimum Gasteiger partial charge on any atom is -0.369 e. The van der Waals surface area contributed by atoms with E-state index in [4.69, 9.17) is 18.9 Å². The summed E-state index contributed by atoms with van der Waals surface area (Å²) >= 11 is 0. The summed E-state index contributed by atoms with van der Waals surface area (Å²) in [7, 11) is 0. The van der Waals surface area contributed by atoms with Gasteiger partial charge in [-0.15, -0.1) is 0 Å². The molecule has 3 aromatic rings. The van der Waals surface area contributed by atoms with Gasteiger partial charge in [-0.05, 0) is 72.7 Å². The molecule has 0 aliphatic carbocycles. The van der Waals surface area contributed by atoms with Crippen LogP contribution >= 0.6 is 0 Å². The van der Waals surface area contributed by atoms with Crippen LogP contribution in [0.3, 0.4) is 0 Å². The number of unbranched alkanes of at least 4 members (excludes halogenated alkanes) is 2. The van der Waals surface area contributed by atoms with Gasteiger partial charge in [0.1, 0.15) is 26.4 Å². The van der Waals surface area contributed by atoms with Crippen molar-refractivity contribution in [1.29, 1.82) is 0 Å². The third-order valence-corrected chi connectivity index (χ3v) is 7.77. The van der Waals surface area contributed by atoms with Gasteiger partial charge in [-0.25, -0.2) is 0 Å². The van der Waals surface area contributed by atoms with E-state index in [0.29, 0.717) is 18.8 Å². The summed E-state index contributed by atoms with van der Waals surface area (Å²) in [5.41, 5.74) is 6.01. The van der Waals surface area contributed by atoms with Gasteiger partial charge in [-0.2, -0.15) is 0 Å². The Morgan fingerprint density at radius 2 is 1.00 bits per heavy atom. The molecule has 0 fully saturated rings. The number of allylic oxidation sites excluding steroid dienone is 1. The van der Waals surface area contributed by atoms with E-state index in [2.05, 4.69) is 72.4 Å². The molecular formula is C45H68N4O8. The van der Waals surface area contributed by atoms with Crippen LogP contribution in [0.4, 0.5) is 11.4 Å². The molecule has 0 aliphatic rings. The molecule has 12 heteroatoms. The monoisotopic (exact) mass is 793 g/mol. The number of rotatable bonds is 25. The summed E-state index contributed by atoms with van der Waals surface area (Å²) < 4.78 is 21.0. The zero-order valence-electron chi connectivity index (χ0n) is 33.0. The second-order valence-corrected chi connectivity index (χ2v) is 12.5. The SMILES string of the molecule is C.C.CC=Cc1ccc(-c2ccc(NC(=O)COCCOCC(=O)NCCCC)cc2)cc1.CCCCNC(=O)COCCOCC(=O)Nc1cccc(CC)c1. The average Bonchev–Trinajstić information content (AvgIpc) is 3.19. The van der Waals surface area contributed by atoms with Gasteiger partial charge in [0.05, 0.1) is 26.4 Å². The van der Waals surface area contributed by atoms with Crippen molar-refractivity contribution in [3.05, 3.63) is 90.0 Å². The highest BCUT2D eigenvalue weighted by molar-refractivity contribution is 5.92. The van der Waals surface area contributed by atoms with E-state index in [1.165, 1.54) is 5.56 Å². The van der Waals surface area contributed by atoms with E-state index in [1.54, 1.807) is 0 Å². The van der Waals surface area contributed by atoms with E-state index >= 15 is 0 Å².